The lowest BCUT2D eigenvalue weighted by Gasteiger charge is -2.28. The molecule has 0 amide bonds. The third-order valence-corrected chi connectivity index (χ3v) is 12.2. The molecule has 0 fully saturated rings. The molecule has 0 spiro atoms. The quantitative estimate of drug-likeness (QED) is 0.161. The third kappa shape index (κ3) is 5.82. The largest absolute Gasteiger partial charge is 0.456 e. The molecule has 3 heteroatoms. The summed E-state index contributed by atoms with van der Waals surface area (Å²) in [6, 6.07) is 83.0. The smallest absolute Gasteiger partial charge is 0.136 e. The second-order valence-electron chi connectivity index (χ2n) is 15.7. The van der Waals surface area contributed by atoms with Crippen LogP contribution in [0.15, 0.2) is 235 Å². The van der Waals surface area contributed by atoms with E-state index in [1.165, 1.54) is 43.7 Å². The van der Waals surface area contributed by atoms with Crippen molar-refractivity contribution in [1.29, 1.82) is 0 Å². The maximum atomic E-state index is 6.52. The number of para-hydroxylation sites is 5. The summed E-state index contributed by atoms with van der Waals surface area (Å²) >= 11 is 0. The Morgan fingerprint density at radius 1 is 0.328 bits per heavy atom. The van der Waals surface area contributed by atoms with E-state index in [0.29, 0.717) is 0 Å². The van der Waals surface area contributed by atoms with Crippen molar-refractivity contribution in [2.45, 2.75) is 0 Å². The summed E-state index contributed by atoms with van der Waals surface area (Å²) in [6.45, 7) is 0. The van der Waals surface area contributed by atoms with Crippen LogP contribution in [-0.2, 0) is 0 Å². The lowest BCUT2D eigenvalue weighted by molar-refractivity contribution is 0.669. The minimum absolute atomic E-state index is 0.867. The second kappa shape index (κ2) is 14.3. The molecule has 0 unspecified atom stereocenters. The minimum atomic E-state index is 0.867. The molecule has 0 aliphatic rings. The van der Waals surface area contributed by atoms with Crippen LogP contribution >= 0.6 is 0 Å². The van der Waals surface area contributed by atoms with Crippen molar-refractivity contribution >= 4 is 71.6 Å². The summed E-state index contributed by atoms with van der Waals surface area (Å²) in [5.74, 6) is 0. The molecule has 0 saturated heterocycles. The third-order valence-electron chi connectivity index (χ3n) is 12.2. The first-order chi connectivity index (χ1) is 30.3. The number of rotatable bonds is 7. The number of hydrogen-bond acceptors (Lipinski definition) is 2. The molecule has 0 radical (unpaired) electrons. The van der Waals surface area contributed by atoms with E-state index in [0.717, 1.165) is 66.9 Å². The van der Waals surface area contributed by atoms with Crippen molar-refractivity contribution in [3.63, 3.8) is 0 Å². The van der Waals surface area contributed by atoms with Crippen LogP contribution in [0.25, 0.3) is 93.6 Å². The van der Waals surface area contributed by atoms with E-state index in [2.05, 4.69) is 228 Å². The van der Waals surface area contributed by atoms with Gasteiger partial charge in [0.25, 0.3) is 0 Å². The summed E-state index contributed by atoms with van der Waals surface area (Å²) in [4.78, 5) is 2.38. The molecule has 12 aromatic rings. The van der Waals surface area contributed by atoms with Crippen LogP contribution < -0.4 is 4.90 Å². The fourth-order valence-electron chi connectivity index (χ4n) is 9.39. The van der Waals surface area contributed by atoms with Crippen LogP contribution in [0, 0.1) is 0 Å². The summed E-state index contributed by atoms with van der Waals surface area (Å²) in [5, 5.41) is 7.20. The molecule has 0 bridgehead atoms. The van der Waals surface area contributed by atoms with Crippen molar-refractivity contribution < 1.29 is 4.42 Å². The van der Waals surface area contributed by atoms with E-state index in [-0.39, 0.29) is 0 Å². The van der Waals surface area contributed by atoms with Crippen LogP contribution in [0.5, 0.6) is 0 Å². The molecule has 0 aliphatic heterocycles. The Kier molecular flexibility index (Phi) is 8.17. The van der Waals surface area contributed by atoms with Crippen LogP contribution in [0.2, 0.25) is 0 Å². The molecule has 2 heterocycles. The highest BCUT2D eigenvalue weighted by Gasteiger charge is 2.21. The van der Waals surface area contributed by atoms with Crippen molar-refractivity contribution in [2.24, 2.45) is 0 Å². The van der Waals surface area contributed by atoms with Crippen molar-refractivity contribution in [3.05, 3.63) is 231 Å². The Morgan fingerprint density at radius 3 is 1.69 bits per heavy atom. The van der Waals surface area contributed by atoms with Crippen LogP contribution in [0.3, 0.4) is 0 Å². The highest BCUT2D eigenvalue weighted by Crippen LogP contribution is 2.45. The fraction of sp³-hybridized carbons (Fsp3) is 0. The molecule has 0 N–H and O–H groups in total. The number of hydrogen-bond donors (Lipinski definition) is 0. The Hall–Kier alpha value is -8.14. The van der Waals surface area contributed by atoms with E-state index in [1.54, 1.807) is 0 Å². The van der Waals surface area contributed by atoms with Gasteiger partial charge < -0.3 is 13.9 Å². The molecule has 12 rings (SSSR count). The van der Waals surface area contributed by atoms with E-state index >= 15 is 0 Å². The molecule has 0 saturated carbocycles. The van der Waals surface area contributed by atoms with Gasteiger partial charge in [0.1, 0.15) is 11.2 Å². The van der Waals surface area contributed by atoms with Gasteiger partial charge in [-0.2, -0.15) is 0 Å². The number of anilines is 3. The molecule has 0 atom stereocenters. The Balaban J connectivity index is 1.07. The van der Waals surface area contributed by atoms with Gasteiger partial charge >= 0.3 is 0 Å². The maximum absolute atomic E-state index is 6.52. The topological polar surface area (TPSA) is 21.3 Å². The standard InChI is InChI=1S/C58H38N2O/c1-2-17-43(18-3-1)59(44-33-29-40(30-34-44)46-24-14-16-39-15-4-5-19-45(39)46)56-36-32-41(37-52(56)42-31-35-51-50-23-9-13-28-57(50)61-58(51)38-42)47-20-6-10-25-53(47)60-54-26-11-7-21-48(54)49-22-8-12-27-55(49)60/h1-38H. The van der Waals surface area contributed by atoms with E-state index in [1.807, 2.05) is 12.1 Å². The lowest BCUT2D eigenvalue weighted by atomic mass is 9.94. The normalized spacial score (nSPS) is 11.6. The molecule has 0 aliphatic carbocycles. The van der Waals surface area contributed by atoms with Gasteiger partial charge in [0.2, 0.25) is 0 Å². The van der Waals surface area contributed by atoms with Gasteiger partial charge in [-0.15, -0.1) is 0 Å². The Bertz CT molecular complexity index is 3540. The van der Waals surface area contributed by atoms with Gasteiger partial charge in [-0.05, 0) is 106 Å². The first-order valence-corrected chi connectivity index (χ1v) is 20.8. The lowest BCUT2D eigenvalue weighted by Crippen LogP contribution is -2.11. The van der Waals surface area contributed by atoms with Gasteiger partial charge in [-0.25, -0.2) is 0 Å². The summed E-state index contributed by atoms with van der Waals surface area (Å²) in [6.07, 6.45) is 0. The van der Waals surface area contributed by atoms with Gasteiger partial charge in [0.05, 0.1) is 22.4 Å². The highest BCUT2D eigenvalue weighted by molar-refractivity contribution is 6.10. The average Bonchev–Trinajstić information content (AvgIpc) is 3.88. The zero-order valence-electron chi connectivity index (χ0n) is 33.2. The molecule has 61 heavy (non-hydrogen) atoms. The van der Waals surface area contributed by atoms with E-state index < -0.39 is 0 Å². The molecule has 10 aromatic carbocycles. The summed E-state index contributed by atoms with van der Waals surface area (Å²) < 4.78 is 8.94. The molecular weight excluding hydrogens is 741 g/mol. The highest BCUT2D eigenvalue weighted by atomic mass is 16.3. The summed E-state index contributed by atoms with van der Waals surface area (Å²) in [5.41, 5.74) is 15.3. The zero-order chi connectivity index (χ0) is 40.3. The average molecular weight is 779 g/mol. The van der Waals surface area contributed by atoms with Crippen molar-refractivity contribution in [2.75, 3.05) is 4.90 Å². The fourth-order valence-corrected chi connectivity index (χ4v) is 9.39. The minimum Gasteiger partial charge on any atom is -0.456 e. The first-order valence-electron chi connectivity index (χ1n) is 20.8. The number of nitrogens with zero attached hydrogens (tertiary/aromatic N) is 2. The number of aromatic nitrogens is 1. The van der Waals surface area contributed by atoms with Crippen molar-refractivity contribution in [1.82, 2.24) is 4.57 Å². The van der Waals surface area contributed by atoms with Gasteiger partial charge in [0.15, 0.2) is 0 Å². The van der Waals surface area contributed by atoms with E-state index in [4.69, 9.17) is 4.42 Å². The van der Waals surface area contributed by atoms with E-state index in [9.17, 15) is 0 Å². The van der Waals surface area contributed by atoms with Crippen LogP contribution in [0.4, 0.5) is 17.1 Å². The van der Waals surface area contributed by atoms with Crippen LogP contribution in [0.1, 0.15) is 0 Å². The zero-order valence-corrected chi connectivity index (χ0v) is 33.2. The summed E-state index contributed by atoms with van der Waals surface area (Å²) in [7, 11) is 0. The number of benzene rings is 10. The molecular formula is C58H38N2O. The van der Waals surface area contributed by atoms with Gasteiger partial charge in [-0.1, -0.05) is 158 Å². The van der Waals surface area contributed by atoms with Crippen molar-refractivity contribution in [3.8, 4) is 39.1 Å². The monoisotopic (exact) mass is 778 g/mol. The second-order valence-corrected chi connectivity index (χ2v) is 15.7. The molecule has 3 nitrogen and oxygen atoms in total. The maximum Gasteiger partial charge on any atom is 0.136 e. The first kappa shape index (κ1) is 34.9. The molecule has 286 valence electrons. The molecule has 2 aromatic heterocycles. The number of furan rings is 1. The van der Waals surface area contributed by atoms with Gasteiger partial charge in [-0.3, -0.25) is 0 Å². The predicted molar refractivity (Wildman–Crippen MR) is 257 cm³/mol. The number of fused-ring (bicyclic) bond motifs is 7. The predicted octanol–water partition coefficient (Wildman–Crippen LogP) is 16.3. The van der Waals surface area contributed by atoms with Gasteiger partial charge in [0, 0.05) is 44.0 Å². The Labute approximate surface area is 353 Å². The Morgan fingerprint density at radius 2 is 0.885 bits per heavy atom. The SMILES string of the molecule is c1ccc(N(c2ccc(-c3cccc4ccccc34)cc2)c2ccc(-c3ccccc3-n3c4ccccc4c4ccccc43)cc2-c2ccc3c(c2)oc2ccccc23)cc1. The van der Waals surface area contributed by atoms with Crippen LogP contribution in [-0.4, -0.2) is 4.57 Å².